The van der Waals surface area contributed by atoms with E-state index in [1.165, 1.54) is 22.4 Å². The summed E-state index contributed by atoms with van der Waals surface area (Å²) in [5.74, 6) is -1.00. The molecule has 1 aliphatic carbocycles. The van der Waals surface area contributed by atoms with Gasteiger partial charge < -0.3 is 15.5 Å². The standard InChI is InChI=1S/C25H31N3O2/c29-24(25(30)27-22-9-3-4-10-22)26-16-5-6-19-11-13-23(14-12-19)28-17-15-20-7-1-2-8-21(20)18-28/h1-2,7-8,11-14,22H,3-6,9-10,15-18H2,(H,26,29)(H,27,30). The van der Waals surface area contributed by atoms with Crippen LogP contribution in [-0.4, -0.2) is 30.9 Å². The molecule has 1 heterocycles. The molecular formula is C25H31N3O2. The molecule has 0 bridgehead atoms. The van der Waals surface area contributed by atoms with Gasteiger partial charge in [0.2, 0.25) is 0 Å². The molecule has 2 amide bonds. The van der Waals surface area contributed by atoms with Crippen LogP contribution in [0.4, 0.5) is 5.69 Å². The third kappa shape index (κ3) is 5.21. The van der Waals surface area contributed by atoms with Crippen LogP contribution in [0.25, 0.3) is 0 Å². The van der Waals surface area contributed by atoms with Crippen molar-refractivity contribution in [3.05, 3.63) is 65.2 Å². The van der Waals surface area contributed by atoms with Crippen LogP contribution in [0.5, 0.6) is 0 Å². The molecule has 1 aliphatic heterocycles. The highest BCUT2D eigenvalue weighted by molar-refractivity contribution is 6.35. The fraction of sp³-hybridized carbons (Fsp3) is 0.440. The Hall–Kier alpha value is -2.82. The molecule has 0 aromatic heterocycles. The Labute approximate surface area is 178 Å². The Kier molecular flexibility index (Phi) is 6.67. The number of carbonyl (C=O) groups is 2. The molecule has 2 N–H and O–H groups in total. The summed E-state index contributed by atoms with van der Waals surface area (Å²) < 4.78 is 0. The summed E-state index contributed by atoms with van der Waals surface area (Å²) in [5.41, 5.74) is 5.39. The van der Waals surface area contributed by atoms with Gasteiger partial charge in [0.25, 0.3) is 0 Å². The van der Waals surface area contributed by atoms with E-state index < -0.39 is 11.8 Å². The minimum absolute atomic E-state index is 0.176. The van der Waals surface area contributed by atoms with Gasteiger partial charge in [-0.1, -0.05) is 49.2 Å². The quantitative estimate of drug-likeness (QED) is 0.572. The molecule has 4 rings (SSSR count). The number of fused-ring (bicyclic) bond motifs is 1. The molecule has 2 aromatic carbocycles. The lowest BCUT2D eigenvalue weighted by Crippen LogP contribution is -2.44. The molecule has 0 atom stereocenters. The summed E-state index contributed by atoms with van der Waals surface area (Å²) >= 11 is 0. The molecule has 1 fully saturated rings. The van der Waals surface area contributed by atoms with Crippen molar-refractivity contribution in [2.45, 2.75) is 57.5 Å². The number of carbonyl (C=O) groups excluding carboxylic acids is 2. The minimum atomic E-state index is -0.511. The van der Waals surface area contributed by atoms with Crippen LogP contribution in [0, 0.1) is 0 Å². The number of rotatable bonds is 6. The lowest BCUT2D eigenvalue weighted by Gasteiger charge is -2.30. The van der Waals surface area contributed by atoms with Crippen molar-refractivity contribution in [1.82, 2.24) is 10.6 Å². The smallest absolute Gasteiger partial charge is 0.309 e. The van der Waals surface area contributed by atoms with Crippen molar-refractivity contribution in [3.63, 3.8) is 0 Å². The SMILES string of the molecule is O=C(NCCCc1ccc(N2CCc3ccccc3C2)cc1)C(=O)NC1CCCC1. The Morgan fingerprint density at radius 3 is 2.43 bits per heavy atom. The summed E-state index contributed by atoms with van der Waals surface area (Å²) in [4.78, 5) is 26.2. The number of aryl methyl sites for hydroxylation is 1. The van der Waals surface area contributed by atoms with Gasteiger partial charge in [-0.05, 0) is 60.9 Å². The van der Waals surface area contributed by atoms with Crippen LogP contribution < -0.4 is 15.5 Å². The second kappa shape index (κ2) is 9.79. The number of amides is 2. The lowest BCUT2D eigenvalue weighted by molar-refractivity contribution is -0.139. The van der Waals surface area contributed by atoms with E-state index >= 15 is 0 Å². The molecule has 0 radical (unpaired) electrons. The zero-order chi connectivity index (χ0) is 20.8. The van der Waals surface area contributed by atoms with E-state index in [2.05, 4.69) is 64.1 Å². The number of hydrogen-bond acceptors (Lipinski definition) is 3. The van der Waals surface area contributed by atoms with Gasteiger partial charge in [0.05, 0.1) is 0 Å². The first-order valence-electron chi connectivity index (χ1n) is 11.2. The number of anilines is 1. The van der Waals surface area contributed by atoms with Crippen molar-refractivity contribution in [2.24, 2.45) is 0 Å². The Bertz CT molecular complexity index is 872. The molecule has 0 unspecified atom stereocenters. The van der Waals surface area contributed by atoms with E-state index in [0.29, 0.717) is 6.54 Å². The van der Waals surface area contributed by atoms with E-state index in [9.17, 15) is 9.59 Å². The molecule has 158 valence electrons. The fourth-order valence-corrected chi connectivity index (χ4v) is 4.49. The van der Waals surface area contributed by atoms with Crippen LogP contribution in [0.3, 0.4) is 0 Å². The largest absolute Gasteiger partial charge is 0.367 e. The van der Waals surface area contributed by atoms with E-state index in [0.717, 1.165) is 58.0 Å². The van der Waals surface area contributed by atoms with Gasteiger partial charge in [-0.3, -0.25) is 9.59 Å². The molecule has 0 spiro atoms. The van der Waals surface area contributed by atoms with Gasteiger partial charge in [-0.15, -0.1) is 0 Å². The molecule has 2 aliphatic rings. The van der Waals surface area contributed by atoms with Gasteiger partial charge in [-0.2, -0.15) is 0 Å². The van der Waals surface area contributed by atoms with E-state index in [4.69, 9.17) is 0 Å². The first-order valence-corrected chi connectivity index (χ1v) is 11.2. The summed E-state index contributed by atoms with van der Waals surface area (Å²) in [7, 11) is 0. The zero-order valence-corrected chi connectivity index (χ0v) is 17.5. The molecular weight excluding hydrogens is 374 g/mol. The van der Waals surface area contributed by atoms with Crippen LogP contribution in [0.1, 0.15) is 48.8 Å². The highest BCUT2D eigenvalue weighted by Gasteiger charge is 2.21. The third-order valence-corrected chi connectivity index (χ3v) is 6.26. The second-order valence-electron chi connectivity index (χ2n) is 8.42. The summed E-state index contributed by atoms with van der Waals surface area (Å²) in [5, 5.41) is 5.57. The van der Waals surface area contributed by atoms with Crippen molar-refractivity contribution in [1.29, 1.82) is 0 Å². The van der Waals surface area contributed by atoms with Gasteiger partial charge >= 0.3 is 11.8 Å². The van der Waals surface area contributed by atoms with E-state index in [-0.39, 0.29) is 6.04 Å². The molecule has 5 heteroatoms. The maximum Gasteiger partial charge on any atom is 0.309 e. The summed E-state index contributed by atoms with van der Waals surface area (Å²) in [6, 6.07) is 17.6. The van der Waals surface area contributed by atoms with Crippen LogP contribution in [-0.2, 0) is 29.0 Å². The van der Waals surface area contributed by atoms with Crippen molar-refractivity contribution in [3.8, 4) is 0 Å². The Balaban J connectivity index is 1.19. The van der Waals surface area contributed by atoms with Crippen molar-refractivity contribution >= 4 is 17.5 Å². The van der Waals surface area contributed by atoms with Gasteiger partial charge in [0.15, 0.2) is 0 Å². The third-order valence-electron chi connectivity index (χ3n) is 6.26. The predicted octanol–water partition coefficient (Wildman–Crippen LogP) is 3.36. The first kappa shape index (κ1) is 20.5. The highest BCUT2D eigenvalue weighted by Crippen LogP contribution is 2.24. The number of nitrogens with one attached hydrogen (secondary N) is 2. The monoisotopic (exact) mass is 405 g/mol. The lowest BCUT2D eigenvalue weighted by atomic mass is 9.99. The minimum Gasteiger partial charge on any atom is -0.367 e. The highest BCUT2D eigenvalue weighted by atomic mass is 16.2. The normalized spacial score (nSPS) is 16.2. The maximum atomic E-state index is 11.9. The van der Waals surface area contributed by atoms with Gasteiger partial charge in [0.1, 0.15) is 0 Å². The van der Waals surface area contributed by atoms with Crippen molar-refractivity contribution in [2.75, 3.05) is 18.0 Å². The van der Waals surface area contributed by atoms with Crippen molar-refractivity contribution < 1.29 is 9.59 Å². The van der Waals surface area contributed by atoms with E-state index in [1.54, 1.807) is 0 Å². The van der Waals surface area contributed by atoms with Crippen LogP contribution in [0.15, 0.2) is 48.5 Å². The van der Waals surface area contributed by atoms with Crippen LogP contribution in [0.2, 0.25) is 0 Å². The zero-order valence-electron chi connectivity index (χ0n) is 17.5. The Morgan fingerprint density at radius 2 is 1.67 bits per heavy atom. The molecule has 30 heavy (non-hydrogen) atoms. The van der Waals surface area contributed by atoms with Gasteiger partial charge in [0, 0.05) is 31.4 Å². The average molecular weight is 406 g/mol. The molecule has 1 saturated carbocycles. The topological polar surface area (TPSA) is 61.4 Å². The number of hydrogen-bond donors (Lipinski definition) is 2. The Morgan fingerprint density at radius 1 is 0.933 bits per heavy atom. The molecule has 5 nitrogen and oxygen atoms in total. The average Bonchev–Trinajstić information content (AvgIpc) is 3.29. The summed E-state index contributed by atoms with van der Waals surface area (Å²) in [6.45, 7) is 2.53. The number of benzene rings is 2. The van der Waals surface area contributed by atoms with Crippen LogP contribution >= 0.6 is 0 Å². The molecule has 0 saturated heterocycles. The maximum absolute atomic E-state index is 11.9. The first-order chi connectivity index (χ1) is 14.7. The van der Waals surface area contributed by atoms with Gasteiger partial charge in [-0.25, -0.2) is 0 Å². The van der Waals surface area contributed by atoms with E-state index in [1.807, 2.05) is 0 Å². The predicted molar refractivity (Wildman–Crippen MR) is 119 cm³/mol. The number of nitrogens with zero attached hydrogens (tertiary/aromatic N) is 1. The molecule has 2 aromatic rings. The summed E-state index contributed by atoms with van der Waals surface area (Å²) in [6.07, 6.45) is 7.03. The fourth-order valence-electron chi connectivity index (χ4n) is 4.49. The second-order valence-corrected chi connectivity index (χ2v) is 8.42.